The number of benzene rings is 1. The standard InChI is InChI=1S/C15H18N4OS/c16-11-3-6-13(20)10(7-11)8-21-15-18-17-14(9-1-2-9)19(15)12-4-5-12/h3,6-7,9,12,20H,1-2,4-5,8,16H2. The summed E-state index contributed by atoms with van der Waals surface area (Å²) in [5.74, 6) is 2.73. The fourth-order valence-electron chi connectivity index (χ4n) is 2.55. The number of anilines is 1. The lowest BCUT2D eigenvalue weighted by molar-refractivity contribution is 0.470. The number of hydrogen-bond acceptors (Lipinski definition) is 5. The summed E-state index contributed by atoms with van der Waals surface area (Å²) in [6.45, 7) is 0. The lowest BCUT2D eigenvalue weighted by Gasteiger charge is -2.09. The van der Waals surface area contributed by atoms with Crippen molar-refractivity contribution >= 4 is 17.4 Å². The highest BCUT2D eigenvalue weighted by Crippen LogP contribution is 2.46. The van der Waals surface area contributed by atoms with Crippen molar-refractivity contribution in [3.8, 4) is 5.75 Å². The van der Waals surface area contributed by atoms with Gasteiger partial charge in [-0.15, -0.1) is 10.2 Å². The van der Waals surface area contributed by atoms with Crippen LogP contribution in [-0.2, 0) is 5.75 Å². The van der Waals surface area contributed by atoms with Gasteiger partial charge in [-0.3, -0.25) is 0 Å². The fourth-order valence-corrected chi connectivity index (χ4v) is 3.54. The summed E-state index contributed by atoms with van der Waals surface area (Å²) in [7, 11) is 0. The minimum atomic E-state index is 0.289. The predicted molar refractivity (Wildman–Crippen MR) is 82.3 cm³/mol. The predicted octanol–water partition coefficient (Wildman–Crippen LogP) is 3.07. The van der Waals surface area contributed by atoms with Gasteiger partial charge in [0.2, 0.25) is 0 Å². The molecule has 0 saturated heterocycles. The van der Waals surface area contributed by atoms with E-state index in [2.05, 4.69) is 14.8 Å². The smallest absolute Gasteiger partial charge is 0.191 e. The highest BCUT2D eigenvalue weighted by Gasteiger charge is 2.36. The van der Waals surface area contributed by atoms with Gasteiger partial charge >= 0.3 is 0 Å². The van der Waals surface area contributed by atoms with Crippen molar-refractivity contribution in [3.63, 3.8) is 0 Å². The number of aromatic nitrogens is 3. The van der Waals surface area contributed by atoms with E-state index in [9.17, 15) is 5.11 Å². The van der Waals surface area contributed by atoms with Crippen LogP contribution in [-0.4, -0.2) is 19.9 Å². The molecule has 5 nitrogen and oxygen atoms in total. The molecular formula is C15H18N4OS. The van der Waals surface area contributed by atoms with Gasteiger partial charge in [0.1, 0.15) is 11.6 Å². The first-order valence-electron chi connectivity index (χ1n) is 7.37. The van der Waals surface area contributed by atoms with Crippen LogP contribution in [0.15, 0.2) is 23.4 Å². The van der Waals surface area contributed by atoms with Crippen molar-refractivity contribution in [2.45, 2.75) is 48.6 Å². The highest BCUT2D eigenvalue weighted by atomic mass is 32.2. The van der Waals surface area contributed by atoms with Crippen molar-refractivity contribution in [1.29, 1.82) is 0 Å². The monoisotopic (exact) mass is 302 g/mol. The van der Waals surface area contributed by atoms with Gasteiger partial charge in [0.05, 0.1) is 0 Å². The van der Waals surface area contributed by atoms with Crippen molar-refractivity contribution in [2.24, 2.45) is 0 Å². The van der Waals surface area contributed by atoms with Gasteiger partial charge in [-0.25, -0.2) is 0 Å². The first kappa shape index (κ1) is 13.0. The van der Waals surface area contributed by atoms with E-state index in [1.54, 1.807) is 23.9 Å². The zero-order valence-electron chi connectivity index (χ0n) is 11.7. The summed E-state index contributed by atoms with van der Waals surface area (Å²) < 4.78 is 2.33. The Morgan fingerprint density at radius 1 is 1.24 bits per heavy atom. The minimum Gasteiger partial charge on any atom is -0.508 e. The summed E-state index contributed by atoms with van der Waals surface area (Å²) in [6, 6.07) is 5.77. The molecule has 0 aliphatic heterocycles. The van der Waals surface area contributed by atoms with E-state index in [0.29, 0.717) is 23.4 Å². The molecule has 0 amide bonds. The molecule has 0 atom stereocenters. The number of phenols is 1. The minimum absolute atomic E-state index is 0.289. The number of aromatic hydroxyl groups is 1. The lowest BCUT2D eigenvalue weighted by Crippen LogP contribution is -2.02. The molecule has 2 saturated carbocycles. The molecule has 0 spiro atoms. The number of nitrogens with two attached hydrogens (primary N) is 1. The highest BCUT2D eigenvalue weighted by molar-refractivity contribution is 7.98. The van der Waals surface area contributed by atoms with Crippen LogP contribution in [0, 0.1) is 0 Å². The van der Waals surface area contributed by atoms with Crippen LogP contribution in [0.1, 0.15) is 49.0 Å². The summed E-state index contributed by atoms with van der Waals surface area (Å²) >= 11 is 1.63. The maximum Gasteiger partial charge on any atom is 0.191 e. The largest absolute Gasteiger partial charge is 0.508 e. The lowest BCUT2D eigenvalue weighted by atomic mass is 10.2. The van der Waals surface area contributed by atoms with Crippen LogP contribution < -0.4 is 5.73 Å². The average molecular weight is 302 g/mol. The Labute approximate surface area is 127 Å². The third kappa shape index (κ3) is 2.60. The maximum atomic E-state index is 9.90. The Morgan fingerprint density at radius 3 is 2.76 bits per heavy atom. The SMILES string of the molecule is Nc1ccc(O)c(CSc2nnc(C3CC3)n2C2CC2)c1. The number of rotatable bonds is 5. The van der Waals surface area contributed by atoms with E-state index < -0.39 is 0 Å². The Kier molecular flexibility index (Phi) is 3.06. The first-order chi connectivity index (χ1) is 10.2. The molecule has 1 aromatic heterocycles. The van der Waals surface area contributed by atoms with Crippen LogP contribution in [0.3, 0.4) is 0 Å². The Balaban J connectivity index is 1.55. The molecule has 3 N–H and O–H groups in total. The number of nitrogen functional groups attached to an aromatic ring is 1. The normalized spacial score (nSPS) is 18.1. The van der Waals surface area contributed by atoms with Gasteiger partial charge in [-0.1, -0.05) is 11.8 Å². The van der Waals surface area contributed by atoms with E-state index >= 15 is 0 Å². The average Bonchev–Trinajstić information content (AvgIpc) is 3.38. The van der Waals surface area contributed by atoms with Gasteiger partial charge < -0.3 is 15.4 Å². The van der Waals surface area contributed by atoms with Crippen LogP contribution in [0.2, 0.25) is 0 Å². The van der Waals surface area contributed by atoms with E-state index in [-0.39, 0.29) is 5.75 Å². The zero-order valence-corrected chi connectivity index (χ0v) is 12.5. The number of hydrogen-bond donors (Lipinski definition) is 2. The molecule has 4 rings (SSSR count). The molecule has 110 valence electrons. The zero-order chi connectivity index (χ0) is 14.4. The molecule has 2 fully saturated rings. The van der Waals surface area contributed by atoms with Crippen molar-refractivity contribution in [1.82, 2.24) is 14.8 Å². The van der Waals surface area contributed by atoms with Gasteiger partial charge in [0.25, 0.3) is 0 Å². The van der Waals surface area contributed by atoms with Crippen molar-refractivity contribution in [3.05, 3.63) is 29.6 Å². The second-order valence-electron chi connectivity index (χ2n) is 5.89. The molecule has 6 heteroatoms. The van der Waals surface area contributed by atoms with Crippen LogP contribution in [0.5, 0.6) is 5.75 Å². The Hall–Kier alpha value is -1.69. The van der Waals surface area contributed by atoms with Gasteiger partial charge in [-0.05, 0) is 43.9 Å². The molecule has 1 aromatic carbocycles. The molecule has 2 aliphatic rings. The summed E-state index contributed by atoms with van der Waals surface area (Å²) in [4.78, 5) is 0. The Morgan fingerprint density at radius 2 is 2.05 bits per heavy atom. The second-order valence-corrected chi connectivity index (χ2v) is 6.84. The molecule has 2 aromatic rings. The summed E-state index contributed by atoms with van der Waals surface area (Å²) in [5.41, 5.74) is 7.30. The third-order valence-corrected chi connectivity index (χ3v) is 5.00. The first-order valence-corrected chi connectivity index (χ1v) is 8.36. The molecule has 0 unspecified atom stereocenters. The van der Waals surface area contributed by atoms with E-state index in [1.165, 1.54) is 25.7 Å². The van der Waals surface area contributed by atoms with E-state index in [4.69, 9.17) is 5.73 Å². The molecular weight excluding hydrogens is 284 g/mol. The van der Waals surface area contributed by atoms with Crippen molar-refractivity contribution < 1.29 is 5.11 Å². The third-order valence-electron chi connectivity index (χ3n) is 4.01. The number of thioether (sulfide) groups is 1. The maximum absolute atomic E-state index is 9.90. The quantitative estimate of drug-likeness (QED) is 0.504. The number of phenolic OH excluding ortho intramolecular Hbond substituents is 1. The fraction of sp³-hybridized carbons (Fsp3) is 0.467. The summed E-state index contributed by atoms with van der Waals surface area (Å²) in [5, 5.41) is 19.6. The van der Waals surface area contributed by atoms with E-state index in [0.717, 1.165) is 16.5 Å². The molecule has 1 heterocycles. The van der Waals surface area contributed by atoms with E-state index in [1.807, 2.05) is 6.07 Å². The van der Waals surface area contributed by atoms with Crippen LogP contribution in [0.25, 0.3) is 0 Å². The molecule has 2 aliphatic carbocycles. The van der Waals surface area contributed by atoms with Gasteiger partial charge in [-0.2, -0.15) is 0 Å². The molecule has 0 bridgehead atoms. The summed E-state index contributed by atoms with van der Waals surface area (Å²) in [6.07, 6.45) is 4.95. The number of nitrogens with zero attached hydrogens (tertiary/aromatic N) is 3. The van der Waals surface area contributed by atoms with Crippen LogP contribution in [0.4, 0.5) is 5.69 Å². The molecule has 0 radical (unpaired) electrons. The second kappa shape index (κ2) is 4.94. The van der Waals surface area contributed by atoms with Crippen molar-refractivity contribution in [2.75, 3.05) is 5.73 Å². The topological polar surface area (TPSA) is 77.0 Å². The van der Waals surface area contributed by atoms with Gasteiger partial charge in [0, 0.05) is 29.0 Å². The van der Waals surface area contributed by atoms with Crippen LogP contribution >= 0.6 is 11.8 Å². The molecule has 21 heavy (non-hydrogen) atoms. The Bertz CT molecular complexity index is 676. The van der Waals surface area contributed by atoms with Gasteiger partial charge in [0.15, 0.2) is 5.16 Å².